The van der Waals surface area contributed by atoms with Gasteiger partial charge in [0.05, 0.1) is 0 Å². The normalized spacial score (nSPS) is 15.7. The summed E-state index contributed by atoms with van der Waals surface area (Å²) < 4.78 is 0. The van der Waals surface area contributed by atoms with E-state index in [1.165, 1.54) is 4.90 Å². The average molecular weight is 174 g/mol. The van der Waals surface area contributed by atoms with Crippen LogP contribution in [-0.2, 0) is 0 Å². The zero-order chi connectivity index (χ0) is 8.23. The zero-order valence-corrected chi connectivity index (χ0v) is 7.29. The summed E-state index contributed by atoms with van der Waals surface area (Å²) in [6.45, 7) is 0. The topological polar surface area (TPSA) is 12.4 Å². The van der Waals surface area contributed by atoms with Gasteiger partial charge in [-0.25, -0.2) is 0 Å². The molecular formula is C10H8NS. The molecule has 0 N–H and O–H groups in total. The Morgan fingerprint density at radius 3 is 2.58 bits per heavy atom. The molecule has 0 atom stereocenters. The van der Waals surface area contributed by atoms with Crippen molar-refractivity contribution in [1.29, 1.82) is 0 Å². The Morgan fingerprint density at radius 2 is 1.92 bits per heavy atom. The first-order chi connectivity index (χ1) is 5.95. The fraction of sp³-hybridized carbons (Fsp3) is 0. The first-order valence-corrected chi connectivity index (χ1v) is 4.57. The second-order valence-electron chi connectivity index (χ2n) is 2.39. The molecular weight excluding hydrogens is 166 g/mol. The Balaban J connectivity index is 2.04. The smallest absolute Gasteiger partial charge is 0.167 e. The molecule has 2 rings (SSSR count). The maximum Gasteiger partial charge on any atom is 0.167 e. The summed E-state index contributed by atoms with van der Waals surface area (Å²) in [7, 11) is 0. The minimum absolute atomic E-state index is 1.06. The van der Waals surface area contributed by atoms with E-state index in [0.717, 1.165) is 5.37 Å². The highest BCUT2D eigenvalue weighted by molar-refractivity contribution is 8.02. The van der Waals surface area contributed by atoms with Gasteiger partial charge in [0, 0.05) is 11.1 Å². The summed E-state index contributed by atoms with van der Waals surface area (Å²) in [5, 5.41) is 1.06. The van der Waals surface area contributed by atoms with Crippen LogP contribution in [0.3, 0.4) is 0 Å². The van der Waals surface area contributed by atoms with Gasteiger partial charge in [-0.2, -0.15) is 0 Å². The summed E-state index contributed by atoms with van der Waals surface area (Å²) in [6, 6.07) is 10.2. The van der Waals surface area contributed by atoms with Crippen LogP contribution in [0.25, 0.3) is 0 Å². The molecule has 0 unspecified atom stereocenters. The molecule has 1 heterocycles. The minimum atomic E-state index is 1.06. The third kappa shape index (κ3) is 1.77. The lowest BCUT2D eigenvalue weighted by Gasteiger charge is -2.01. The number of thioether (sulfide) groups is 1. The van der Waals surface area contributed by atoms with E-state index in [1.54, 1.807) is 11.8 Å². The van der Waals surface area contributed by atoms with E-state index >= 15 is 0 Å². The fourth-order valence-electron chi connectivity index (χ4n) is 0.955. The molecule has 1 aliphatic heterocycles. The first-order valence-electron chi connectivity index (χ1n) is 3.76. The van der Waals surface area contributed by atoms with Crippen molar-refractivity contribution in [3.8, 4) is 0 Å². The Hall–Kier alpha value is -1.02. The van der Waals surface area contributed by atoms with Gasteiger partial charge < -0.3 is 0 Å². The molecule has 0 fully saturated rings. The van der Waals surface area contributed by atoms with E-state index in [1.807, 2.05) is 36.6 Å². The van der Waals surface area contributed by atoms with Crippen molar-refractivity contribution in [2.45, 2.75) is 4.90 Å². The van der Waals surface area contributed by atoms with Crippen molar-refractivity contribution in [1.82, 2.24) is 0 Å². The van der Waals surface area contributed by atoms with Crippen LogP contribution < -0.4 is 0 Å². The lowest BCUT2D eigenvalue weighted by molar-refractivity contribution is 1.38. The van der Waals surface area contributed by atoms with E-state index in [9.17, 15) is 0 Å². The number of rotatable bonds is 2. The van der Waals surface area contributed by atoms with Gasteiger partial charge in [0.15, 0.2) is 5.37 Å². The fourth-order valence-corrected chi connectivity index (χ4v) is 1.75. The van der Waals surface area contributed by atoms with E-state index in [-0.39, 0.29) is 0 Å². The van der Waals surface area contributed by atoms with Gasteiger partial charge in [-0.15, -0.1) is 0 Å². The van der Waals surface area contributed by atoms with Crippen LogP contribution in [0.5, 0.6) is 0 Å². The Bertz CT molecular complexity index is 291. The number of benzene rings is 1. The molecule has 59 valence electrons. The Labute approximate surface area is 76.2 Å². The molecule has 0 saturated heterocycles. The van der Waals surface area contributed by atoms with Crippen molar-refractivity contribution in [3.63, 3.8) is 0 Å². The zero-order valence-electron chi connectivity index (χ0n) is 6.47. The molecule has 1 radical (unpaired) electrons. The third-order valence-corrected chi connectivity index (χ3v) is 2.45. The molecule has 0 aliphatic carbocycles. The van der Waals surface area contributed by atoms with Crippen molar-refractivity contribution in [2.75, 3.05) is 0 Å². The van der Waals surface area contributed by atoms with Crippen LogP contribution in [0, 0.1) is 5.37 Å². The second kappa shape index (κ2) is 3.59. The number of nitrogens with zero attached hydrogens (tertiary/aromatic N) is 1. The molecule has 1 aromatic rings. The van der Waals surface area contributed by atoms with Crippen LogP contribution in [0.2, 0.25) is 0 Å². The van der Waals surface area contributed by atoms with Crippen LogP contribution >= 0.6 is 11.8 Å². The Morgan fingerprint density at radius 1 is 1.08 bits per heavy atom. The van der Waals surface area contributed by atoms with Crippen molar-refractivity contribution >= 4 is 18.0 Å². The molecule has 0 spiro atoms. The monoisotopic (exact) mass is 174 g/mol. The van der Waals surface area contributed by atoms with Crippen molar-refractivity contribution < 1.29 is 0 Å². The maximum atomic E-state index is 4.17. The highest BCUT2D eigenvalue weighted by Gasteiger charge is 2.07. The van der Waals surface area contributed by atoms with Gasteiger partial charge in [0.2, 0.25) is 0 Å². The predicted molar refractivity (Wildman–Crippen MR) is 53.2 cm³/mol. The molecule has 1 aliphatic rings. The summed E-state index contributed by atoms with van der Waals surface area (Å²) in [6.07, 6.45) is 5.77. The quantitative estimate of drug-likeness (QED) is 0.671. The van der Waals surface area contributed by atoms with Crippen LogP contribution in [0.4, 0.5) is 0 Å². The highest BCUT2D eigenvalue weighted by atomic mass is 32.2. The van der Waals surface area contributed by atoms with Crippen LogP contribution in [0.1, 0.15) is 0 Å². The van der Waals surface area contributed by atoms with Gasteiger partial charge in [0.25, 0.3) is 0 Å². The molecule has 2 heteroatoms. The van der Waals surface area contributed by atoms with Gasteiger partial charge in [-0.1, -0.05) is 30.0 Å². The van der Waals surface area contributed by atoms with Crippen molar-refractivity contribution in [2.24, 2.45) is 4.99 Å². The maximum absolute atomic E-state index is 4.17. The molecule has 12 heavy (non-hydrogen) atoms. The number of hydrogen-bond donors (Lipinski definition) is 0. The predicted octanol–water partition coefficient (Wildman–Crippen LogP) is 2.91. The summed E-state index contributed by atoms with van der Waals surface area (Å²) in [4.78, 5) is 5.41. The SMILES string of the molecule is C1=C[C](Sc2ccccc2)N=C1. The summed E-state index contributed by atoms with van der Waals surface area (Å²) in [5.41, 5.74) is 0. The van der Waals surface area contributed by atoms with Gasteiger partial charge >= 0.3 is 0 Å². The van der Waals surface area contributed by atoms with Crippen LogP contribution in [0.15, 0.2) is 52.4 Å². The molecule has 1 nitrogen and oxygen atoms in total. The molecule has 0 aromatic heterocycles. The number of hydrogen-bond acceptors (Lipinski definition) is 2. The molecule has 1 aromatic carbocycles. The first kappa shape index (κ1) is 7.62. The molecule has 0 saturated carbocycles. The number of allylic oxidation sites excluding steroid dienone is 1. The highest BCUT2D eigenvalue weighted by Crippen LogP contribution is 2.31. The third-order valence-electron chi connectivity index (χ3n) is 1.49. The largest absolute Gasteiger partial charge is 0.267 e. The van der Waals surface area contributed by atoms with E-state index in [0.29, 0.717) is 0 Å². The van der Waals surface area contributed by atoms with Gasteiger partial charge in [-0.05, 0) is 24.3 Å². The van der Waals surface area contributed by atoms with Crippen LogP contribution in [-0.4, -0.2) is 6.21 Å². The van der Waals surface area contributed by atoms with E-state index in [2.05, 4.69) is 17.1 Å². The lowest BCUT2D eigenvalue weighted by atomic mass is 10.4. The van der Waals surface area contributed by atoms with Gasteiger partial charge in [0.1, 0.15) is 0 Å². The molecule has 0 bridgehead atoms. The minimum Gasteiger partial charge on any atom is -0.267 e. The second-order valence-corrected chi connectivity index (χ2v) is 3.48. The van der Waals surface area contributed by atoms with Crippen molar-refractivity contribution in [3.05, 3.63) is 47.9 Å². The van der Waals surface area contributed by atoms with E-state index in [4.69, 9.17) is 0 Å². The van der Waals surface area contributed by atoms with E-state index < -0.39 is 0 Å². The Kier molecular flexibility index (Phi) is 2.28. The molecule has 0 amide bonds. The number of aliphatic imine (C=N–C) groups is 1. The van der Waals surface area contributed by atoms with Gasteiger partial charge in [-0.3, -0.25) is 4.99 Å². The average Bonchev–Trinajstić information content (AvgIpc) is 2.59. The lowest BCUT2D eigenvalue weighted by Crippen LogP contribution is -1.77. The summed E-state index contributed by atoms with van der Waals surface area (Å²) >= 11 is 1.68. The summed E-state index contributed by atoms with van der Waals surface area (Å²) in [5.74, 6) is 0. The standard InChI is InChI=1S/C10H8NS/c1-2-5-9(6-3-1)12-10-7-4-8-11-10/h1-8H.